The van der Waals surface area contributed by atoms with Crippen LogP contribution in [-0.2, 0) is 24.3 Å². The first-order valence-corrected chi connectivity index (χ1v) is 7.55. The molecule has 1 aromatic heterocycles. The van der Waals surface area contributed by atoms with Crippen LogP contribution in [0.1, 0.15) is 22.3 Å². The molecule has 0 aliphatic carbocycles. The largest absolute Gasteiger partial charge is 0.336 e. The fourth-order valence-electron chi connectivity index (χ4n) is 2.88. The van der Waals surface area contributed by atoms with Crippen molar-refractivity contribution < 1.29 is 4.79 Å². The Bertz CT molecular complexity index is 861. The second-order valence-corrected chi connectivity index (χ2v) is 5.75. The second kappa shape index (κ2) is 6.09. The number of benzene rings is 1. The number of nitriles is 1. The van der Waals surface area contributed by atoms with Crippen LogP contribution in [0.15, 0.2) is 41.3 Å². The average molecular weight is 307 g/mol. The van der Waals surface area contributed by atoms with Crippen molar-refractivity contribution in [3.05, 3.63) is 69.1 Å². The lowest BCUT2D eigenvalue weighted by Crippen LogP contribution is -2.40. The summed E-state index contributed by atoms with van der Waals surface area (Å²) >= 11 is 0. The molecule has 1 aliphatic rings. The summed E-state index contributed by atoms with van der Waals surface area (Å²) in [4.78, 5) is 26.5. The van der Waals surface area contributed by atoms with E-state index in [9.17, 15) is 9.59 Å². The van der Waals surface area contributed by atoms with Gasteiger partial charge in [0.05, 0.1) is 0 Å². The van der Waals surface area contributed by atoms with E-state index in [1.165, 1.54) is 10.1 Å². The number of carbonyl (C=O) groups excluding carboxylic acids is 1. The van der Waals surface area contributed by atoms with Crippen molar-refractivity contribution in [1.82, 2.24) is 9.47 Å². The van der Waals surface area contributed by atoms with Crippen LogP contribution in [0.2, 0.25) is 0 Å². The predicted octanol–water partition coefficient (Wildman–Crippen LogP) is 1.61. The summed E-state index contributed by atoms with van der Waals surface area (Å²) in [6.07, 6.45) is 2.41. The predicted molar refractivity (Wildman–Crippen MR) is 85.7 cm³/mol. The van der Waals surface area contributed by atoms with Gasteiger partial charge in [-0.2, -0.15) is 5.26 Å². The summed E-state index contributed by atoms with van der Waals surface area (Å²) in [6.45, 7) is 2.91. The van der Waals surface area contributed by atoms with Crippen molar-refractivity contribution in [3.8, 4) is 6.07 Å². The average Bonchev–Trinajstić information content (AvgIpc) is 2.57. The molecule has 5 heteroatoms. The molecule has 1 aliphatic heterocycles. The van der Waals surface area contributed by atoms with E-state index in [0.717, 1.165) is 12.0 Å². The van der Waals surface area contributed by atoms with Gasteiger partial charge in [-0.25, -0.2) is 0 Å². The zero-order valence-corrected chi connectivity index (χ0v) is 13.0. The van der Waals surface area contributed by atoms with Crippen LogP contribution < -0.4 is 5.56 Å². The number of rotatable bonds is 2. The third-order valence-corrected chi connectivity index (χ3v) is 4.27. The maximum absolute atomic E-state index is 12.5. The van der Waals surface area contributed by atoms with E-state index in [1.54, 1.807) is 24.1 Å². The van der Waals surface area contributed by atoms with Crippen LogP contribution in [0.4, 0.5) is 0 Å². The monoisotopic (exact) mass is 307 g/mol. The molecule has 0 N–H and O–H groups in total. The molecule has 116 valence electrons. The van der Waals surface area contributed by atoms with Crippen LogP contribution in [-0.4, -0.2) is 21.9 Å². The number of hydrogen-bond donors (Lipinski definition) is 0. The summed E-state index contributed by atoms with van der Waals surface area (Å²) in [6, 6.07) is 11.7. The Kier molecular flexibility index (Phi) is 3.98. The number of fused-ring (bicyclic) bond motifs is 1. The van der Waals surface area contributed by atoms with Gasteiger partial charge < -0.3 is 9.47 Å². The van der Waals surface area contributed by atoms with E-state index in [-0.39, 0.29) is 18.0 Å². The van der Waals surface area contributed by atoms with E-state index < -0.39 is 5.56 Å². The molecular weight excluding hydrogens is 290 g/mol. The third kappa shape index (κ3) is 2.88. The Hall–Kier alpha value is -2.87. The lowest BCUT2D eigenvalue weighted by atomic mass is 10.00. The van der Waals surface area contributed by atoms with Crippen LogP contribution in [0, 0.1) is 18.3 Å². The molecule has 23 heavy (non-hydrogen) atoms. The topological polar surface area (TPSA) is 66.1 Å². The lowest BCUT2D eigenvalue weighted by Gasteiger charge is -2.29. The van der Waals surface area contributed by atoms with Gasteiger partial charge in [-0.3, -0.25) is 9.59 Å². The third-order valence-electron chi connectivity index (χ3n) is 4.27. The number of pyridine rings is 1. The fourth-order valence-corrected chi connectivity index (χ4v) is 2.88. The van der Waals surface area contributed by atoms with Crippen LogP contribution in [0.25, 0.3) is 0 Å². The van der Waals surface area contributed by atoms with Crippen molar-refractivity contribution in [1.29, 1.82) is 5.26 Å². The summed E-state index contributed by atoms with van der Waals surface area (Å²) in [5, 5.41) is 9.06. The highest BCUT2D eigenvalue weighted by molar-refractivity contribution is 5.76. The molecule has 1 aromatic carbocycles. The van der Waals surface area contributed by atoms with E-state index in [4.69, 9.17) is 5.26 Å². The molecule has 0 spiro atoms. The smallest absolute Gasteiger partial charge is 0.269 e. The summed E-state index contributed by atoms with van der Waals surface area (Å²) in [5.41, 5.74) is 2.76. The van der Waals surface area contributed by atoms with Gasteiger partial charge >= 0.3 is 0 Å². The maximum Gasteiger partial charge on any atom is 0.269 e. The Morgan fingerprint density at radius 3 is 2.74 bits per heavy atom. The maximum atomic E-state index is 12.5. The highest BCUT2D eigenvalue weighted by atomic mass is 16.2. The summed E-state index contributed by atoms with van der Waals surface area (Å²) in [7, 11) is 0. The first-order valence-electron chi connectivity index (χ1n) is 7.55. The molecule has 2 heterocycles. The van der Waals surface area contributed by atoms with Gasteiger partial charge in [0.15, 0.2) is 0 Å². The first kappa shape index (κ1) is 15.0. The normalized spacial score (nSPS) is 13.3. The van der Waals surface area contributed by atoms with Gasteiger partial charge in [0.25, 0.3) is 5.56 Å². The number of hydrogen-bond acceptors (Lipinski definition) is 3. The lowest BCUT2D eigenvalue weighted by molar-refractivity contribution is -0.132. The molecular formula is C18H17N3O2. The van der Waals surface area contributed by atoms with Crippen LogP contribution >= 0.6 is 0 Å². The highest BCUT2D eigenvalue weighted by Crippen LogP contribution is 2.18. The molecule has 0 unspecified atom stereocenters. The number of aryl methyl sites for hydroxylation is 1. The van der Waals surface area contributed by atoms with Crippen LogP contribution in [0.3, 0.4) is 0 Å². The van der Waals surface area contributed by atoms with E-state index in [1.807, 2.05) is 24.3 Å². The van der Waals surface area contributed by atoms with Gasteiger partial charge in [-0.05, 0) is 36.1 Å². The molecule has 0 atom stereocenters. The van der Waals surface area contributed by atoms with Gasteiger partial charge in [0.1, 0.15) is 18.2 Å². The quantitative estimate of drug-likeness (QED) is 0.846. The molecule has 0 fully saturated rings. The first-order chi connectivity index (χ1) is 11.1. The molecule has 2 aromatic rings. The molecule has 5 nitrogen and oxygen atoms in total. The number of amides is 1. The Balaban J connectivity index is 1.79. The zero-order valence-electron chi connectivity index (χ0n) is 13.0. The molecule has 0 radical (unpaired) electrons. The van der Waals surface area contributed by atoms with E-state index >= 15 is 0 Å². The second-order valence-electron chi connectivity index (χ2n) is 5.75. The number of aromatic nitrogens is 1. The van der Waals surface area contributed by atoms with Crippen molar-refractivity contribution >= 4 is 5.91 Å². The zero-order chi connectivity index (χ0) is 16.4. The molecule has 0 bridgehead atoms. The Morgan fingerprint density at radius 1 is 1.26 bits per heavy atom. The minimum Gasteiger partial charge on any atom is -0.336 e. The van der Waals surface area contributed by atoms with Crippen molar-refractivity contribution in [3.63, 3.8) is 0 Å². The van der Waals surface area contributed by atoms with Crippen molar-refractivity contribution in [2.45, 2.75) is 26.4 Å². The van der Waals surface area contributed by atoms with E-state index in [0.29, 0.717) is 18.7 Å². The molecule has 3 rings (SSSR count). The molecule has 0 saturated heterocycles. The Labute approximate surface area is 134 Å². The SMILES string of the molecule is Cc1ccn(CC(=O)N2CCc3ccccc3C2)c(=O)c1C#N. The van der Waals surface area contributed by atoms with Gasteiger partial charge in [-0.15, -0.1) is 0 Å². The minimum absolute atomic E-state index is 0.0318. The van der Waals surface area contributed by atoms with Crippen LogP contribution in [0.5, 0.6) is 0 Å². The van der Waals surface area contributed by atoms with Gasteiger partial charge in [-0.1, -0.05) is 24.3 Å². The van der Waals surface area contributed by atoms with Crippen molar-refractivity contribution in [2.24, 2.45) is 0 Å². The minimum atomic E-state index is -0.404. The van der Waals surface area contributed by atoms with Gasteiger partial charge in [0, 0.05) is 19.3 Å². The molecule has 0 saturated carbocycles. The summed E-state index contributed by atoms with van der Waals surface area (Å²) in [5.74, 6) is -0.102. The Morgan fingerprint density at radius 2 is 2.00 bits per heavy atom. The number of nitrogens with zero attached hydrogens (tertiary/aromatic N) is 3. The van der Waals surface area contributed by atoms with E-state index in [2.05, 4.69) is 6.07 Å². The fraction of sp³-hybridized carbons (Fsp3) is 0.278. The number of carbonyl (C=O) groups is 1. The highest BCUT2D eigenvalue weighted by Gasteiger charge is 2.21. The summed E-state index contributed by atoms with van der Waals surface area (Å²) < 4.78 is 1.31. The van der Waals surface area contributed by atoms with Gasteiger partial charge in [0.2, 0.25) is 5.91 Å². The van der Waals surface area contributed by atoms with Crippen molar-refractivity contribution in [2.75, 3.05) is 6.54 Å². The molecule has 1 amide bonds. The standard InChI is InChI=1S/C18H17N3O2/c1-13-6-8-21(18(23)16(13)10-19)12-17(22)20-9-7-14-4-2-3-5-15(14)11-20/h2-6,8H,7,9,11-12H2,1H3.